The molecule has 1 aromatic rings. The van der Waals surface area contributed by atoms with E-state index >= 15 is 0 Å². The fourth-order valence-corrected chi connectivity index (χ4v) is 4.29. The van der Waals surface area contributed by atoms with Crippen LogP contribution in [-0.2, 0) is 23.2 Å². The van der Waals surface area contributed by atoms with Crippen molar-refractivity contribution in [3.05, 3.63) is 21.4 Å². The molecule has 3 rings (SSSR count). The zero-order valence-electron chi connectivity index (χ0n) is 10.8. The SMILES string of the molecule is CCc1cc2c(s1)CCOC21CCN(CC)C1. The Labute approximate surface area is 108 Å². The molecule has 3 heterocycles. The van der Waals surface area contributed by atoms with E-state index in [1.807, 2.05) is 11.3 Å². The van der Waals surface area contributed by atoms with Gasteiger partial charge in [-0.15, -0.1) is 11.3 Å². The lowest BCUT2D eigenvalue weighted by molar-refractivity contribution is -0.0506. The second-order valence-electron chi connectivity index (χ2n) is 5.11. The average Bonchev–Trinajstić information content (AvgIpc) is 2.94. The molecule has 1 unspecified atom stereocenters. The van der Waals surface area contributed by atoms with Crippen LogP contribution in [-0.4, -0.2) is 31.1 Å². The fourth-order valence-electron chi connectivity index (χ4n) is 3.11. The second kappa shape index (κ2) is 4.38. The molecule has 0 N–H and O–H groups in total. The first kappa shape index (κ1) is 11.7. The van der Waals surface area contributed by atoms with Gasteiger partial charge in [-0.2, -0.15) is 0 Å². The number of fused-ring (bicyclic) bond motifs is 2. The number of hydrogen-bond acceptors (Lipinski definition) is 3. The Balaban J connectivity index is 1.96. The number of thiophene rings is 1. The van der Waals surface area contributed by atoms with Crippen LogP contribution in [0.25, 0.3) is 0 Å². The van der Waals surface area contributed by atoms with Gasteiger partial charge in [0.1, 0.15) is 5.60 Å². The van der Waals surface area contributed by atoms with Gasteiger partial charge in [0.05, 0.1) is 6.61 Å². The van der Waals surface area contributed by atoms with Crippen molar-refractivity contribution in [2.75, 3.05) is 26.2 Å². The van der Waals surface area contributed by atoms with Crippen LogP contribution in [0.5, 0.6) is 0 Å². The zero-order chi connectivity index (χ0) is 11.9. The van der Waals surface area contributed by atoms with E-state index in [0.717, 1.165) is 32.5 Å². The lowest BCUT2D eigenvalue weighted by atomic mass is 9.90. The van der Waals surface area contributed by atoms with Gasteiger partial charge in [0.2, 0.25) is 0 Å². The Bertz CT molecular complexity index is 414. The van der Waals surface area contributed by atoms with E-state index in [-0.39, 0.29) is 5.60 Å². The number of likely N-dealkylation sites (tertiary alicyclic amines) is 1. The summed E-state index contributed by atoms with van der Waals surface area (Å²) in [5.74, 6) is 0. The summed E-state index contributed by atoms with van der Waals surface area (Å²) < 4.78 is 6.21. The second-order valence-corrected chi connectivity index (χ2v) is 6.34. The van der Waals surface area contributed by atoms with E-state index in [1.54, 1.807) is 4.88 Å². The fraction of sp³-hybridized carbons (Fsp3) is 0.714. The lowest BCUT2D eigenvalue weighted by Crippen LogP contribution is -2.37. The first-order valence-electron chi connectivity index (χ1n) is 6.76. The Morgan fingerprint density at radius 2 is 2.35 bits per heavy atom. The standard InChI is InChI=1S/C14H21NOS/c1-3-11-9-12-13(17-11)5-8-16-14(12)6-7-15(4-2)10-14/h9H,3-8,10H2,1-2H3. The summed E-state index contributed by atoms with van der Waals surface area (Å²) >= 11 is 2.01. The first-order chi connectivity index (χ1) is 8.27. The smallest absolute Gasteiger partial charge is 0.108 e. The van der Waals surface area contributed by atoms with Crippen molar-refractivity contribution in [3.8, 4) is 0 Å². The topological polar surface area (TPSA) is 12.5 Å². The van der Waals surface area contributed by atoms with E-state index in [0.29, 0.717) is 0 Å². The number of hydrogen-bond donors (Lipinski definition) is 0. The van der Waals surface area contributed by atoms with Crippen molar-refractivity contribution in [3.63, 3.8) is 0 Å². The minimum atomic E-state index is 0.0352. The van der Waals surface area contributed by atoms with Gasteiger partial charge in [-0.05, 0) is 31.0 Å². The van der Waals surface area contributed by atoms with Gasteiger partial charge >= 0.3 is 0 Å². The zero-order valence-corrected chi connectivity index (χ0v) is 11.6. The van der Waals surface area contributed by atoms with Gasteiger partial charge in [0.25, 0.3) is 0 Å². The number of ether oxygens (including phenoxy) is 1. The molecule has 2 nitrogen and oxygen atoms in total. The Kier molecular flexibility index (Phi) is 3.01. The molecule has 0 radical (unpaired) electrons. The molecule has 1 atom stereocenters. The van der Waals surface area contributed by atoms with Crippen molar-refractivity contribution in [1.29, 1.82) is 0 Å². The van der Waals surface area contributed by atoms with Crippen LogP contribution < -0.4 is 0 Å². The molecule has 1 aromatic heterocycles. The summed E-state index contributed by atoms with van der Waals surface area (Å²) in [5.41, 5.74) is 1.55. The van der Waals surface area contributed by atoms with Gasteiger partial charge in [0, 0.05) is 29.3 Å². The quantitative estimate of drug-likeness (QED) is 0.801. The monoisotopic (exact) mass is 251 g/mol. The van der Waals surface area contributed by atoms with Crippen LogP contribution in [0.4, 0.5) is 0 Å². The van der Waals surface area contributed by atoms with E-state index in [9.17, 15) is 0 Å². The number of nitrogens with zero attached hydrogens (tertiary/aromatic N) is 1. The minimum absolute atomic E-state index is 0.0352. The maximum Gasteiger partial charge on any atom is 0.108 e. The lowest BCUT2D eigenvalue weighted by Gasteiger charge is -2.34. The van der Waals surface area contributed by atoms with Crippen molar-refractivity contribution < 1.29 is 4.74 Å². The predicted molar refractivity (Wildman–Crippen MR) is 71.8 cm³/mol. The molecule has 1 saturated heterocycles. The van der Waals surface area contributed by atoms with Crippen molar-refractivity contribution in [2.24, 2.45) is 0 Å². The molecule has 0 aliphatic carbocycles. The van der Waals surface area contributed by atoms with Gasteiger partial charge in [-0.25, -0.2) is 0 Å². The highest BCUT2D eigenvalue weighted by Crippen LogP contribution is 2.43. The molecule has 3 heteroatoms. The maximum absolute atomic E-state index is 6.21. The van der Waals surface area contributed by atoms with Gasteiger partial charge in [0.15, 0.2) is 0 Å². The Morgan fingerprint density at radius 3 is 3.06 bits per heavy atom. The number of likely N-dealkylation sites (N-methyl/N-ethyl adjacent to an activating group) is 1. The molecule has 17 heavy (non-hydrogen) atoms. The molecule has 1 fully saturated rings. The molecule has 2 aliphatic rings. The summed E-state index contributed by atoms with van der Waals surface area (Å²) in [6, 6.07) is 2.42. The number of rotatable bonds is 2. The van der Waals surface area contributed by atoms with E-state index < -0.39 is 0 Å². The summed E-state index contributed by atoms with van der Waals surface area (Å²) in [4.78, 5) is 5.62. The van der Waals surface area contributed by atoms with Gasteiger partial charge in [-0.3, -0.25) is 0 Å². The summed E-state index contributed by atoms with van der Waals surface area (Å²) in [6.45, 7) is 8.83. The minimum Gasteiger partial charge on any atom is -0.368 e. The molecule has 0 saturated carbocycles. The maximum atomic E-state index is 6.21. The van der Waals surface area contributed by atoms with E-state index in [1.165, 1.54) is 23.4 Å². The molecule has 0 aromatic carbocycles. The van der Waals surface area contributed by atoms with Crippen molar-refractivity contribution >= 4 is 11.3 Å². The highest BCUT2D eigenvalue weighted by Gasteiger charge is 2.44. The normalized spacial score (nSPS) is 28.8. The Morgan fingerprint density at radius 1 is 1.47 bits per heavy atom. The molecule has 0 bridgehead atoms. The highest BCUT2D eigenvalue weighted by molar-refractivity contribution is 7.12. The summed E-state index contributed by atoms with van der Waals surface area (Å²) in [5, 5.41) is 0. The van der Waals surface area contributed by atoms with E-state index in [2.05, 4.69) is 24.8 Å². The van der Waals surface area contributed by atoms with Gasteiger partial charge < -0.3 is 9.64 Å². The summed E-state index contributed by atoms with van der Waals surface area (Å²) in [6.07, 6.45) is 3.45. The summed E-state index contributed by atoms with van der Waals surface area (Å²) in [7, 11) is 0. The average molecular weight is 251 g/mol. The largest absolute Gasteiger partial charge is 0.368 e. The van der Waals surface area contributed by atoms with E-state index in [4.69, 9.17) is 4.74 Å². The van der Waals surface area contributed by atoms with Crippen LogP contribution in [0.15, 0.2) is 6.07 Å². The van der Waals surface area contributed by atoms with Crippen molar-refractivity contribution in [2.45, 2.75) is 38.7 Å². The molecule has 2 aliphatic heterocycles. The van der Waals surface area contributed by atoms with Crippen LogP contribution in [0, 0.1) is 0 Å². The first-order valence-corrected chi connectivity index (χ1v) is 7.57. The van der Waals surface area contributed by atoms with Crippen LogP contribution >= 0.6 is 11.3 Å². The van der Waals surface area contributed by atoms with Crippen LogP contribution in [0.3, 0.4) is 0 Å². The van der Waals surface area contributed by atoms with Crippen molar-refractivity contribution in [1.82, 2.24) is 4.90 Å². The number of aryl methyl sites for hydroxylation is 1. The molecule has 94 valence electrons. The van der Waals surface area contributed by atoms with Crippen LogP contribution in [0.2, 0.25) is 0 Å². The molecule has 0 amide bonds. The third-order valence-electron chi connectivity index (χ3n) is 4.16. The Hall–Kier alpha value is -0.380. The molecular weight excluding hydrogens is 230 g/mol. The van der Waals surface area contributed by atoms with Crippen LogP contribution in [0.1, 0.15) is 35.6 Å². The third kappa shape index (κ3) is 1.85. The third-order valence-corrected chi connectivity index (χ3v) is 5.50. The van der Waals surface area contributed by atoms with Gasteiger partial charge in [-0.1, -0.05) is 13.8 Å². The molecular formula is C14H21NOS. The molecule has 1 spiro atoms. The highest BCUT2D eigenvalue weighted by atomic mass is 32.1. The predicted octanol–water partition coefficient (Wildman–Crippen LogP) is 2.80.